The zero-order chi connectivity index (χ0) is 26.7. The number of esters is 1. The first-order chi connectivity index (χ1) is 17.8. The zero-order valence-electron chi connectivity index (χ0n) is 21.6. The van der Waals surface area contributed by atoms with Crippen molar-refractivity contribution in [1.29, 1.82) is 0 Å². The number of likely N-dealkylation sites (tertiary alicyclic amines) is 1. The SMILES string of the molecule is CCN(CC)CCCN1C(=O)C(=O)/C(=C(/O)c2c(C)nc3ccccn23)[C@H]1c1ccc(C(=O)OC)cc1. The number of benzene rings is 1. The molecule has 1 amide bonds. The van der Waals surface area contributed by atoms with Gasteiger partial charge in [-0.1, -0.05) is 32.0 Å². The molecule has 3 aromatic rings. The third kappa shape index (κ3) is 4.86. The maximum Gasteiger partial charge on any atom is 0.337 e. The number of rotatable bonds is 9. The summed E-state index contributed by atoms with van der Waals surface area (Å²) >= 11 is 0. The molecule has 4 rings (SSSR count). The van der Waals surface area contributed by atoms with Gasteiger partial charge in [-0.2, -0.15) is 0 Å². The Morgan fingerprint density at radius 2 is 1.81 bits per heavy atom. The second-order valence-electron chi connectivity index (χ2n) is 8.96. The number of carbonyl (C=O) groups excluding carboxylic acids is 3. The molecule has 9 heteroatoms. The number of ketones is 1. The standard InChI is InChI=1S/C28H32N4O5/c1-5-30(6-2)15-9-17-32-24(19-11-13-20(14-12-19)28(36)37-4)22(26(34)27(32)35)25(33)23-18(3)29-21-10-7-8-16-31(21)23/h7-8,10-14,16,24,33H,5-6,9,15,17H2,1-4H3/b25-22+/t24-/m1/s1. The van der Waals surface area contributed by atoms with Crippen molar-refractivity contribution in [2.45, 2.75) is 33.2 Å². The van der Waals surface area contributed by atoms with Crippen molar-refractivity contribution in [3.8, 4) is 0 Å². The first-order valence-corrected chi connectivity index (χ1v) is 12.4. The van der Waals surface area contributed by atoms with Gasteiger partial charge in [0, 0.05) is 12.7 Å². The Morgan fingerprint density at radius 3 is 2.46 bits per heavy atom. The minimum Gasteiger partial charge on any atom is -0.505 e. The van der Waals surface area contributed by atoms with Crippen molar-refractivity contribution < 1.29 is 24.2 Å². The van der Waals surface area contributed by atoms with Crippen molar-refractivity contribution >= 4 is 29.1 Å². The fourth-order valence-corrected chi connectivity index (χ4v) is 4.91. The number of aromatic nitrogens is 2. The number of hydrogen-bond acceptors (Lipinski definition) is 7. The summed E-state index contributed by atoms with van der Waals surface area (Å²) in [5.74, 6) is -2.16. The van der Waals surface area contributed by atoms with Gasteiger partial charge in [-0.3, -0.25) is 14.0 Å². The lowest BCUT2D eigenvalue weighted by atomic mass is 9.95. The van der Waals surface area contributed by atoms with E-state index in [0.29, 0.717) is 41.1 Å². The lowest BCUT2D eigenvalue weighted by molar-refractivity contribution is -0.140. The fourth-order valence-electron chi connectivity index (χ4n) is 4.91. The van der Waals surface area contributed by atoms with E-state index in [4.69, 9.17) is 4.74 Å². The number of Topliss-reactive ketones (excluding diaryl/α,β-unsaturated/α-hetero) is 1. The van der Waals surface area contributed by atoms with Crippen LogP contribution in [0.2, 0.25) is 0 Å². The summed E-state index contributed by atoms with van der Waals surface area (Å²) in [5, 5.41) is 11.5. The molecule has 194 valence electrons. The van der Waals surface area contributed by atoms with Crippen LogP contribution >= 0.6 is 0 Å². The molecule has 37 heavy (non-hydrogen) atoms. The second-order valence-corrected chi connectivity index (χ2v) is 8.96. The minimum atomic E-state index is -0.808. The van der Waals surface area contributed by atoms with Gasteiger partial charge in [-0.25, -0.2) is 9.78 Å². The first kappa shape index (κ1) is 26.1. The summed E-state index contributed by atoms with van der Waals surface area (Å²) in [6, 6.07) is 11.2. The van der Waals surface area contributed by atoms with Gasteiger partial charge in [0.25, 0.3) is 11.7 Å². The summed E-state index contributed by atoms with van der Waals surface area (Å²) in [4.78, 5) is 46.9. The van der Waals surface area contributed by atoms with Gasteiger partial charge in [0.05, 0.1) is 30.0 Å². The lowest BCUT2D eigenvalue weighted by Crippen LogP contribution is -2.33. The van der Waals surface area contributed by atoms with Crippen LogP contribution < -0.4 is 0 Å². The maximum absolute atomic E-state index is 13.4. The Balaban J connectivity index is 1.82. The number of nitrogens with zero attached hydrogens (tertiary/aromatic N) is 4. The van der Waals surface area contributed by atoms with E-state index in [1.54, 1.807) is 53.9 Å². The monoisotopic (exact) mass is 504 g/mol. The van der Waals surface area contributed by atoms with E-state index in [9.17, 15) is 19.5 Å². The molecule has 1 atom stereocenters. The van der Waals surface area contributed by atoms with E-state index < -0.39 is 23.7 Å². The number of hydrogen-bond donors (Lipinski definition) is 1. The normalized spacial score (nSPS) is 17.2. The number of ether oxygens (including phenoxy) is 1. The van der Waals surface area contributed by atoms with E-state index >= 15 is 0 Å². The lowest BCUT2D eigenvalue weighted by Gasteiger charge is -2.27. The molecule has 0 unspecified atom stereocenters. The summed E-state index contributed by atoms with van der Waals surface area (Å²) in [5.41, 5.74) is 2.50. The van der Waals surface area contributed by atoms with E-state index in [2.05, 4.69) is 23.7 Å². The average Bonchev–Trinajstić information content (AvgIpc) is 3.38. The van der Waals surface area contributed by atoms with Gasteiger partial charge in [0.15, 0.2) is 5.76 Å². The van der Waals surface area contributed by atoms with Crippen molar-refractivity contribution in [1.82, 2.24) is 19.2 Å². The van der Waals surface area contributed by atoms with E-state index in [1.165, 1.54) is 12.0 Å². The molecule has 1 saturated heterocycles. The van der Waals surface area contributed by atoms with Crippen LogP contribution in [-0.4, -0.2) is 75.2 Å². The molecular weight excluding hydrogens is 472 g/mol. The molecule has 3 heterocycles. The average molecular weight is 505 g/mol. The van der Waals surface area contributed by atoms with Crippen LogP contribution in [0.5, 0.6) is 0 Å². The molecule has 0 bridgehead atoms. The van der Waals surface area contributed by atoms with Crippen LogP contribution in [0.1, 0.15) is 53.6 Å². The van der Waals surface area contributed by atoms with Crippen LogP contribution in [0.4, 0.5) is 0 Å². The predicted octanol–water partition coefficient (Wildman–Crippen LogP) is 3.58. The zero-order valence-corrected chi connectivity index (χ0v) is 21.6. The summed E-state index contributed by atoms with van der Waals surface area (Å²) < 4.78 is 6.50. The highest BCUT2D eigenvalue weighted by Crippen LogP contribution is 2.40. The van der Waals surface area contributed by atoms with Crippen LogP contribution in [0.25, 0.3) is 11.4 Å². The van der Waals surface area contributed by atoms with E-state index in [-0.39, 0.29) is 11.3 Å². The van der Waals surface area contributed by atoms with Crippen molar-refractivity contribution in [2.75, 3.05) is 33.3 Å². The Bertz CT molecular complexity index is 1350. The van der Waals surface area contributed by atoms with Gasteiger partial charge in [0.1, 0.15) is 11.3 Å². The first-order valence-electron chi connectivity index (χ1n) is 12.4. The second kappa shape index (κ2) is 11.0. The van der Waals surface area contributed by atoms with Gasteiger partial charge in [0.2, 0.25) is 0 Å². The molecule has 0 spiro atoms. The van der Waals surface area contributed by atoms with E-state index in [0.717, 1.165) is 19.6 Å². The smallest absolute Gasteiger partial charge is 0.337 e. The highest BCUT2D eigenvalue weighted by molar-refractivity contribution is 6.46. The quantitative estimate of drug-likeness (QED) is 0.206. The van der Waals surface area contributed by atoms with Gasteiger partial charge in [-0.05, 0) is 62.8 Å². The molecular formula is C28H32N4O5. The molecule has 1 fully saturated rings. The Hall–Kier alpha value is -3.98. The molecule has 0 radical (unpaired) electrons. The number of aliphatic hydroxyl groups is 1. The number of fused-ring (bicyclic) bond motifs is 1. The van der Waals surface area contributed by atoms with Crippen molar-refractivity contribution in [2.24, 2.45) is 0 Å². The topological polar surface area (TPSA) is 104 Å². The van der Waals surface area contributed by atoms with Gasteiger partial charge < -0.3 is 19.6 Å². The number of pyridine rings is 1. The molecule has 0 aliphatic carbocycles. The highest BCUT2D eigenvalue weighted by Gasteiger charge is 2.46. The Labute approximate surface area is 216 Å². The minimum absolute atomic E-state index is 0.00686. The third-order valence-electron chi connectivity index (χ3n) is 6.88. The number of methoxy groups -OCH3 is 1. The molecule has 0 saturated carbocycles. The Kier molecular flexibility index (Phi) is 7.73. The molecule has 1 aliphatic rings. The summed E-state index contributed by atoms with van der Waals surface area (Å²) in [6.07, 6.45) is 2.42. The van der Waals surface area contributed by atoms with Gasteiger partial charge in [-0.15, -0.1) is 0 Å². The number of aryl methyl sites for hydroxylation is 1. The van der Waals surface area contributed by atoms with Crippen LogP contribution in [0.15, 0.2) is 54.2 Å². The largest absolute Gasteiger partial charge is 0.505 e. The van der Waals surface area contributed by atoms with Crippen molar-refractivity contribution in [3.05, 3.63) is 76.7 Å². The van der Waals surface area contributed by atoms with Crippen LogP contribution in [0.3, 0.4) is 0 Å². The van der Waals surface area contributed by atoms with Gasteiger partial charge >= 0.3 is 5.97 Å². The van der Waals surface area contributed by atoms with Crippen LogP contribution in [-0.2, 0) is 14.3 Å². The maximum atomic E-state index is 13.4. The number of aliphatic hydroxyl groups excluding tert-OH is 1. The number of carbonyl (C=O) groups is 3. The van der Waals surface area contributed by atoms with E-state index in [1.807, 2.05) is 6.07 Å². The summed E-state index contributed by atoms with van der Waals surface area (Å²) in [7, 11) is 1.30. The third-order valence-corrected chi connectivity index (χ3v) is 6.88. The fraction of sp³-hybridized carbons (Fsp3) is 0.357. The predicted molar refractivity (Wildman–Crippen MR) is 139 cm³/mol. The van der Waals surface area contributed by atoms with Crippen molar-refractivity contribution in [3.63, 3.8) is 0 Å². The van der Waals surface area contributed by atoms with Crippen LogP contribution in [0, 0.1) is 6.92 Å². The molecule has 2 aromatic heterocycles. The molecule has 9 nitrogen and oxygen atoms in total. The highest BCUT2D eigenvalue weighted by atomic mass is 16.5. The molecule has 1 N–H and O–H groups in total. The Morgan fingerprint density at radius 1 is 1.11 bits per heavy atom. The molecule has 1 aromatic carbocycles. The molecule has 1 aliphatic heterocycles. The number of amides is 1. The summed E-state index contributed by atoms with van der Waals surface area (Å²) in [6.45, 7) is 8.81. The number of imidazole rings is 1.